The molecule has 8 heteroatoms. The summed E-state index contributed by atoms with van der Waals surface area (Å²) in [6, 6.07) is 16.7. The number of aromatic nitrogens is 2. The highest BCUT2D eigenvalue weighted by Gasteiger charge is 2.26. The molecule has 1 unspecified atom stereocenters. The fourth-order valence-corrected chi connectivity index (χ4v) is 5.23. The van der Waals surface area contributed by atoms with Gasteiger partial charge < -0.3 is 16.0 Å². The van der Waals surface area contributed by atoms with Gasteiger partial charge in [-0.15, -0.1) is 0 Å². The number of rotatable bonds is 8. The third kappa shape index (κ3) is 5.78. The highest BCUT2D eigenvalue weighted by Crippen LogP contribution is 2.35. The summed E-state index contributed by atoms with van der Waals surface area (Å²) in [5.74, 6) is 0.497. The lowest BCUT2D eigenvalue weighted by Crippen LogP contribution is -2.22. The van der Waals surface area contributed by atoms with Crippen LogP contribution < -0.4 is 11.1 Å². The predicted octanol–water partition coefficient (Wildman–Crippen LogP) is 6.36. The standard InChI is InChI=1S/C29H32ClFN6/c1-36(2)13-12-19-8-10-23(14-19)34-28-24(29(32)35-26-16-22(31)9-11-25(26)30)17-33-37-18-21(15-27(28)37)20-6-4-3-5-7-20/h3-7,9,11,15-19,23,34H,8,10,12-14H2,1-2H3,(H2,32,35)/t19?,23-/m0/s1. The van der Waals surface area contributed by atoms with Crippen LogP contribution in [0.3, 0.4) is 0 Å². The first-order valence-electron chi connectivity index (χ1n) is 12.6. The molecule has 1 saturated carbocycles. The zero-order valence-corrected chi connectivity index (χ0v) is 21.9. The number of nitrogens with one attached hydrogen (secondary N) is 1. The van der Waals surface area contributed by atoms with Crippen molar-refractivity contribution in [3.8, 4) is 11.1 Å². The molecule has 0 amide bonds. The largest absolute Gasteiger partial charge is 0.383 e. The molecule has 0 aliphatic heterocycles. The molecule has 0 spiro atoms. The molecule has 5 rings (SSSR count). The fourth-order valence-electron chi connectivity index (χ4n) is 5.07. The van der Waals surface area contributed by atoms with E-state index < -0.39 is 5.82 Å². The van der Waals surface area contributed by atoms with Crippen LogP contribution in [0.5, 0.6) is 0 Å². The minimum Gasteiger partial charge on any atom is -0.383 e. The number of nitrogens with two attached hydrogens (primary N) is 1. The lowest BCUT2D eigenvalue weighted by Gasteiger charge is -2.19. The van der Waals surface area contributed by atoms with E-state index in [1.807, 2.05) is 28.9 Å². The Morgan fingerprint density at radius 3 is 2.76 bits per heavy atom. The molecule has 6 nitrogen and oxygen atoms in total. The van der Waals surface area contributed by atoms with Gasteiger partial charge in [-0.05, 0) is 76.0 Å². The molecule has 37 heavy (non-hydrogen) atoms. The smallest absolute Gasteiger partial charge is 0.135 e. The Morgan fingerprint density at radius 1 is 1.16 bits per heavy atom. The maximum atomic E-state index is 13.9. The number of amidine groups is 1. The Balaban J connectivity index is 1.53. The summed E-state index contributed by atoms with van der Waals surface area (Å²) in [6.07, 6.45) is 8.31. The molecule has 0 saturated heterocycles. The number of anilines is 1. The molecule has 1 aliphatic rings. The van der Waals surface area contributed by atoms with Gasteiger partial charge in [-0.25, -0.2) is 13.9 Å². The number of aliphatic imine (C=N–C) groups is 1. The van der Waals surface area contributed by atoms with Gasteiger partial charge >= 0.3 is 0 Å². The van der Waals surface area contributed by atoms with E-state index in [-0.39, 0.29) is 11.5 Å². The lowest BCUT2D eigenvalue weighted by molar-refractivity contribution is 0.351. The molecular formula is C29H32ClFN6. The second-order valence-corrected chi connectivity index (χ2v) is 10.5. The second kappa shape index (κ2) is 10.9. The fraction of sp³-hybridized carbons (Fsp3) is 0.310. The molecule has 2 atom stereocenters. The highest BCUT2D eigenvalue weighted by atomic mass is 35.5. The number of hydrogen-bond acceptors (Lipinski definition) is 4. The molecule has 2 heterocycles. The Kier molecular flexibility index (Phi) is 7.44. The Morgan fingerprint density at radius 2 is 1.97 bits per heavy atom. The van der Waals surface area contributed by atoms with E-state index in [0.29, 0.717) is 22.5 Å². The second-order valence-electron chi connectivity index (χ2n) is 10.1. The Hall–Kier alpha value is -3.42. The van der Waals surface area contributed by atoms with E-state index in [1.165, 1.54) is 31.0 Å². The van der Waals surface area contributed by atoms with Gasteiger partial charge in [0.15, 0.2) is 0 Å². The van der Waals surface area contributed by atoms with Crippen LogP contribution in [0.15, 0.2) is 72.0 Å². The van der Waals surface area contributed by atoms with Crippen molar-refractivity contribution in [3.63, 3.8) is 0 Å². The van der Waals surface area contributed by atoms with Crippen LogP contribution in [-0.2, 0) is 0 Å². The molecule has 3 N–H and O–H groups in total. The van der Waals surface area contributed by atoms with Gasteiger partial charge in [-0.2, -0.15) is 5.10 Å². The Labute approximate surface area is 222 Å². The average molecular weight is 519 g/mol. The van der Waals surface area contributed by atoms with E-state index in [9.17, 15) is 4.39 Å². The van der Waals surface area contributed by atoms with Gasteiger partial charge in [0.05, 0.1) is 33.7 Å². The van der Waals surface area contributed by atoms with Crippen LogP contribution in [0.1, 0.15) is 31.2 Å². The van der Waals surface area contributed by atoms with Crippen LogP contribution in [-0.4, -0.2) is 47.0 Å². The van der Waals surface area contributed by atoms with E-state index in [4.69, 9.17) is 17.3 Å². The quantitative estimate of drug-likeness (QED) is 0.210. The number of fused-ring (bicyclic) bond motifs is 1. The zero-order valence-electron chi connectivity index (χ0n) is 21.2. The average Bonchev–Trinajstić information content (AvgIpc) is 3.53. The third-order valence-electron chi connectivity index (χ3n) is 7.04. The molecule has 1 aliphatic carbocycles. The van der Waals surface area contributed by atoms with Crippen LogP contribution >= 0.6 is 11.6 Å². The summed E-state index contributed by atoms with van der Waals surface area (Å²) >= 11 is 6.27. The van der Waals surface area contributed by atoms with Gasteiger partial charge in [-0.1, -0.05) is 41.9 Å². The highest BCUT2D eigenvalue weighted by molar-refractivity contribution is 6.33. The van der Waals surface area contributed by atoms with Crippen molar-refractivity contribution in [1.82, 2.24) is 14.5 Å². The minimum atomic E-state index is -0.420. The number of benzene rings is 2. The molecule has 4 aromatic rings. The van der Waals surface area contributed by atoms with Crippen LogP contribution in [0.2, 0.25) is 5.02 Å². The van der Waals surface area contributed by atoms with Crippen molar-refractivity contribution in [2.24, 2.45) is 16.6 Å². The summed E-state index contributed by atoms with van der Waals surface area (Å²) in [6.45, 7) is 1.09. The zero-order chi connectivity index (χ0) is 25.9. The van der Waals surface area contributed by atoms with Crippen LogP contribution in [0, 0.1) is 11.7 Å². The normalized spacial score (nSPS) is 18.1. The van der Waals surface area contributed by atoms with E-state index in [0.717, 1.165) is 41.7 Å². The monoisotopic (exact) mass is 518 g/mol. The van der Waals surface area contributed by atoms with Crippen LogP contribution in [0.4, 0.5) is 15.8 Å². The maximum Gasteiger partial charge on any atom is 0.135 e. The van der Waals surface area contributed by atoms with Gasteiger partial charge in [0.1, 0.15) is 11.7 Å². The molecular weight excluding hydrogens is 487 g/mol. The van der Waals surface area contributed by atoms with Gasteiger partial charge in [0.25, 0.3) is 0 Å². The van der Waals surface area contributed by atoms with Gasteiger partial charge in [0.2, 0.25) is 0 Å². The molecule has 1 fully saturated rings. The van der Waals surface area contributed by atoms with Gasteiger partial charge in [0, 0.05) is 23.9 Å². The third-order valence-corrected chi connectivity index (χ3v) is 7.36. The SMILES string of the molecule is CN(C)CCC1CC[C@H](Nc2c(/C(N)=N/c3cc(F)ccc3Cl)cnn3cc(-c4ccccc4)cc23)C1. The molecule has 2 aromatic carbocycles. The predicted molar refractivity (Wildman–Crippen MR) is 150 cm³/mol. The number of hydrogen-bond donors (Lipinski definition) is 2. The molecule has 0 bridgehead atoms. The topological polar surface area (TPSA) is 70.9 Å². The summed E-state index contributed by atoms with van der Waals surface area (Å²) < 4.78 is 15.7. The summed E-state index contributed by atoms with van der Waals surface area (Å²) in [4.78, 5) is 6.73. The van der Waals surface area contributed by atoms with Crippen molar-refractivity contribution in [1.29, 1.82) is 0 Å². The summed E-state index contributed by atoms with van der Waals surface area (Å²) in [7, 11) is 4.24. The van der Waals surface area contributed by atoms with E-state index in [2.05, 4.69) is 52.6 Å². The first-order valence-corrected chi connectivity index (χ1v) is 13.0. The van der Waals surface area contributed by atoms with E-state index >= 15 is 0 Å². The van der Waals surface area contributed by atoms with Crippen molar-refractivity contribution >= 4 is 34.3 Å². The summed E-state index contributed by atoms with van der Waals surface area (Å²) in [5.41, 5.74) is 11.4. The van der Waals surface area contributed by atoms with E-state index in [1.54, 1.807) is 6.20 Å². The molecule has 192 valence electrons. The van der Waals surface area contributed by atoms with Crippen molar-refractivity contribution in [2.75, 3.05) is 26.0 Å². The number of halogens is 2. The van der Waals surface area contributed by atoms with Crippen LogP contribution in [0.25, 0.3) is 16.6 Å². The van der Waals surface area contributed by atoms with Crippen molar-refractivity contribution in [2.45, 2.75) is 31.7 Å². The maximum absolute atomic E-state index is 13.9. The first-order chi connectivity index (χ1) is 17.9. The number of nitrogens with zero attached hydrogens (tertiary/aromatic N) is 4. The van der Waals surface area contributed by atoms with Crippen molar-refractivity contribution < 1.29 is 4.39 Å². The first kappa shape index (κ1) is 25.2. The molecule has 2 aromatic heterocycles. The van der Waals surface area contributed by atoms with Gasteiger partial charge in [-0.3, -0.25) is 0 Å². The summed E-state index contributed by atoms with van der Waals surface area (Å²) in [5, 5.41) is 8.75. The molecule has 0 radical (unpaired) electrons. The lowest BCUT2D eigenvalue weighted by atomic mass is 10.0. The minimum absolute atomic E-state index is 0.231. The Bertz CT molecular complexity index is 1410. The van der Waals surface area contributed by atoms with Crippen molar-refractivity contribution in [3.05, 3.63) is 83.4 Å².